The highest BCUT2D eigenvalue weighted by Gasteiger charge is 2.58. The van der Waals surface area contributed by atoms with Gasteiger partial charge in [0.1, 0.15) is 5.60 Å². The Morgan fingerprint density at radius 1 is 0.787 bits per heavy atom. The number of aliphatic hydroxyl groups is 1. The van der Waals surface area contributed by atoms with Crippen molar-refractivity contribution in [1.82, 2.24) is 23.4 Å². The van der Waals surface area contributed by atoms with Gasteiger partial charge in [-0.2, -0.15) is 17.2 Å². The lowest BCUT2D eigenvalue weighted by molar-refractivity contribution is 0.00578. The standard InChI is InChI=1S/C8H18N2O3S.C8H15NO3S.C8H15NO2S.C7H15BO2.C7H12BrNO2S.C3H4Br2.C3H7N.CH5BO2.CH3ClO2S.H3N/c1-3-7-4-10(14(2,12)13)6-8(7,11)5-9;1-3-7-4-9(13(2,10)11)5-8(7)6-12-8;1-4-8-6-9(5-7(8)2)12(3,10)11;1-6(2)7(3,4)10-8(5)9-6;1-4-5-9(6-7(2)8)12(3,10)11;1-3(5)2-4;1-2-3-4;1-2(3)4;1-5(2,3)4;/h7,11H,3-6,9H2,1-2H3;7H,3-6H2,1-2H3;8H,2,4-6H2,1,3H3;1-5H3;4H,1-2,5-6H2,3H3;1-2H2;2H,1,3-4H2;3-4H,1H3;1H3;1H3/t7-,8-;7-,8+;;;;;;;;/m00......../s1. The molecule has 5 fully saturated rings. The number of sulfonamides is 4. The lowest BCUT2D eigenvalue weighted by Gasteiger charge is -2.32. The van der Waals surface area contributed by atoms with E-state index in [1.54, 1.807) is 6.08 Å². The zero-order chi connectivity index (χ0) is 63.6. The first kappa shape index (κ1) is 88.6. The fourth-order valence-corrected chi connectivity index (χ4v) is 11.1. The maximum atomic E-state index is 11.3. The fourth-order valence-electron chi connectivity index (χ4n) is 7.24. The van der Waals surface area contributed by atoms with Gasteiger partial charge in [-0.05, 0) is 71.0 Å². The Labute approximate surface area is 513 Å². The second-order valence-corrected chi connectivity index (χ2v) is 33.8. The van der Waals surface area contributed by atoms with E-state index in [2.05, 4.69) is 133 Å². The number of nitrogens with zero attached hydrogens (tertiary/aromatic N) is 4. The highest BCUT2D eigenvalue weighted by molar-refractivity contribution is 9.13. The molecular weight excluding hydrogens is 1360 g/mol. The maximum absolute atomic E-state index is 11.3. The molecule has 5 atom stereocenters. The highest BCUT2D eigenvalue weighted by atomic mass is 79.9. The summed E-state index contributed by atoms with van der Waals surface area (Å²) in [6, 6.07) is 0. The minimum atomic E-state index is -3.21. The van der Waals surface area contributed by atoms with E-state index >= 15 is 0 Å². The summed E-state index contributed by atoms with van der Waals surface area (Å²) in [7, 11) is -12.3. The summed E-state index contributed by atoms with van der Waals surface area (Å²) in [6.07, 6.45) is 11.6. The summed E-state index contributed by atoms with van der Waals surface area (Å²) >= 11 is 9.40. The molecule has 0 aromatic carbocycles. The molecule has 0 bridgehead atoms. The molecule has 0 aliphatic carbocycles. The Morgan fingerprint density at radius 3 is 1.34 bits per heavy atom. The monoisotopic (exact) mass is 1460 g/mol. The van der Waals surface area contributed by atoms with Crippen LogP contribution in [-0.4, -0.2) is 220 Å². The molecule has 0 saturated carbocycles. The van der Waals surface area contributed by atoms with Crippen LogP contribution in [-0.2, 0) is 63.2 Å². The third-order valence-electron chi connectivity index (χ3n) is 12.2. The maximum Gasteiger partial charge on any atom is 0.454 e. The average molecular weight is 1460 g/mol. The van der Waals surface area contributed by atoms with Crippen LogP contribution in [0.2, 0.25) is 13.6 Å². The van der Waals surface area contributed by atoms with Crippen LogP contribution in [0.25, 0.3) is 0 Å². The first-order chi connectivity index (χ1) is 35.4. The van der Waals surface area contributed by atoms with Crippen LogP contribution in [0, 0.1) is 17.8 Å². The van der Waals surface area contributed by atoms with Gasteiger partial charge in [-0.15, -0.1) is 13.2 Å². The Balaban J connectivity index is -0.000000272. The van der Waals surface area contributed by atoms with Crippen LogP contribution < -0.4 is 17.6 Å². The molecule has 5 aliphatic heterocycles. The Morgan fingerprint density at radius 2 is 1.15 bits per heavy atom. The van der Waals surface area contributed by atoms with E-state index < -0.39 is 61.9 Å². The van der Waals surface area contributed by atoms with Crippen LogP contribution in [0.1, 0.15) is 67.7 Å². The van der Waals surface area contributed by atoms with Crippen molar-refractivity contribution in [2.24, 2.45) is 29.2 Å². The smallest absolute Gasteiger partial charge is 0.427 e. The molecule has 10 N–H and O–H groups in total. The number of alkyl halides is 1. The van der Waals surface area contributed by atoms with Gasteiger partial charge in [-0.25, -0.2) is 42.1 Å². The summed E-state index contributed by atoms with van der Waals surface area (Å²) in [5.41, 5.74) is 9.94. The highest BCUT2D eigenvalue weighted by Crippen LogP contribution is 2.44. The zero-order valence-corrected chi connectivity index (χ0v) is 59.1. The van der Waals surface area contributed by atoms with Crippen molar-refractivity contribution in [2.45, 2.75) is 104 Å². The Hall–Kier alpha value is -0.210. The quantitative estimate of drug-likeness (QED) is 0.0448. The molecule has 0 aromatic heterocycles. The number of hydrogen-bond donors (Lipinski definition) is 6. The largest absolute Gasteiger partial charge is 0.454 e. The van der Waals surface area contributed by atoms with Gasteiger partial charge in [-0.1, -0.05) is 106 Å². The second kappa shape index (κ2) is 39.6. The summed E-state index contributed by atoms with van der Waals surface area (Å²) in [6.45, 7) is 40.1. The number of ether oxygens (including phenoxy) is 1. The molecule has 34 heteroatoms. The molecule has 5 saturated heterocycles. The predicted octanol–water partition coefficient (Wildman–Crippen LogP) is 4.79. The average Bonchev–Trinajstić information content (AvgIpc) is 3.49. The number of allylic oxidation sites excluding steroid dienone is 1. The summed E-state index contributed by atoms with van der Waals surface area (Å²) in [5.74, 6) is 0.698. The van der Waals surface area contributed by atoms with Crippen molar-refractivity contribution in [2.75, 3.05) is 109 Å². The van der Waals surface area contributed by atoms with Gasteiger partial charge in [0, 0.05) is 97.8 Å². The van der Waals surface area contributed by atoms with E-state index in [0.717, 1.165) is 60.0 Å². The van der Waals surface area contributed by atoms with E-state index in [4.69, 9.17) is 35.6 Å². The molecule has 0 aromatic rings. The molecule has 1 spiro atoms. The van der Waals surface area contributed by atoms with Crippen molar-refractivity contribution in [3.8, 4) is 0 Å². The SMILES string of the molecule is C=C(Br)CBr.C=C1CN(S(C)(=O)=O)CC1CC.C=CCN.C=CCN(CC(=C)Br)S(C)(=O)=O.CB(O)O.CB1OC(C)(C)C(C)(C)O1.CC[C@H]1CN(S(C)(=O)=O)C[C@@]1(O)CN.CC[C@H]1CN(S(C)(=O)=O)C[C@@]12CO2.CS(=O)(=O)Cl.N. The molecule has 1 unspecified atom stereocenters. The van der Waals surface area contributed by atoms with Crippen molar-refractivity contribution >= 4 is 122 Å². The van der Waals surface area contributed by atoms with E-state index in [0.29, 0.717) is 62.1 Å². The number of hydrogen-bond acceptors (Lipinski definition) is 19. The van der Waals surface area contributed by atoms with E-state index in [9.17, 15) is 47.2 Å². The van der Waals surface area contributed by atoms with Crippen LogP contribution in [0.4, 0.5) is 0 Å². The van der Waals surface area contributed by atoms with Crippen molar-refractivity contribution in [3.05, 3.63) is 59.6 Å². The van der Waals surface area contributed by atoms with Crippen LogP contribution in [0.3, 0.4) is 0 Å². The minimum absolute atomic E-state index is 0. The molecule has 0 amide bonds. The van der Waals surface area contributed by atoms with Crippen LogP contribution >= 0.6 is 58.5 Å². The molecule has 80 heavy (non-hydrogen) atoms. The van der Waals surface area contributed by atoms with Gasteiger partial charge in [0.15, 0.2) is 0 Å². The zero-order valence-electron chi connectivity index (χ0n) is 49.5. The lowest BCUT2D eigenvalue weighted by Crippen LogP contribution is -2.45. The molecule has 5 heterocycles. The first-order valence-electron chi connectivity index (χ1n) is 24.7. The van der Waals surface area contributed by atoms with E-state index in [-0.39, 0.29) is 55.6 Å². The van der Waals surface area contributed by atoms with Gasteiger partial charge >= 0.3 is 14.2 Å². The summed E-state index contributed by atoms with van der Waals surface area (Å²) in [4.78, 5) is 0. The minimum Gasteiger partial charge on any atom is -0.427 e. The lowest BCUT2D eigenvalue weighted by atomic mass is 9.89. The summed E-state index contributed by atoms with van der Waals surface area (Å²) < 4.78 is 132. The Kier molecular flexibility index (Phi) is 43.8. The topological polar surface area (TPSA) is 362 Å². The Bertz CT molecular complexity index is 2440. The fraction of sp³-hybridized carbons (Fsp3) is 0.783. The third kappa shape index (κ3) is 38.8. The van der Waals surface area contributed by atoms with Crippen molar-refractivity contribution in [3.63, 3.8) is 0 Å². The van der Waals surface area contributed by atoms with Crippen LogP contribution in [0.5, 0.6) is 0 Å². The molecule has 5 rings (SSSR count). The van der Waals surface area contributed by atoms with Crippen LogP contribution in [0.15, 0.2) is 59.6 Å². The molecule has 0 radical (unpaired) electrons. The molecule has 476 valence electrons. The number of epoxide rings is 1. The normalized spacial score (nSPS) is 23.8. The number of halogens is 4. The van der Waals surface area contributed by atoms with Gasteiger partial charge < -0.3 is 46.8 Å². The van der Waals surface area contributed by atoms with E-state index in [1.807, 2.05) is 13.7 Å². The van der Waals surface area contributed by atoms with Gasteiger partial charge in [-0.3, -0.25) is 0 Å². The van der Waals surface area contributed by atoms with Gasteiger partial charge in [0.25, 0.3) is 0 Å². The summed E-state index contributed by atoms with van der Waals surface area (Å²) in [5, 5.41) is 26.1. The molecule has 23 nitrogen and oxygen atoms in total. The van der Waals surface area contributed by atoms with Crippen molar-refractivity contribution < 1.29 is 71.3 Å². The van der Waals surface area contributed by atoms with Gasteiger partial charge in [0.2, 0.25) is 49.1 Å². The number of nitrogens with two attached hydrogens (primary N) is 2. The molecule has 5 aliphatic rings. The van der Waals surface area contributed by atoms with Gasteiger partial charge in [0.05, 0.1) is 54.7 Å². The number of β-amino-alcohol motifs (C(OH)–C–C–N with tert-alkyl or cyclic N) is 1. The predicted molar refractivity (Wildman–Crippen MR) is 342 cm³/mol. The number of rotatable bonds is 14. The van der Waals surface area contributed by atoms with E-state index in [1.165, 1.54) is 42.6 Å². The second-order valence-electron chi connectivity index (χ2n) is 20.0. The third-order valence-corrected chi connectivity index (χ3v) is 19.0. The van der Waals surface area contributed by atoms with Crippen molar-refractivity contribution in [1.29, 1.82) is 0 Å². The first-order valence-corrected chi connectivity index (χ1v) is 37.5. The molecular formula is C46H97B2Br3ClN7O16S5.